The molecule has 0 N–H and O–H groups in total. The first-order valence-corrected chi connectivity index (χ1v) is 12.2. The second-order valence-electron chi connectivity index (χ2n) is 10.2. The molecule has 4 heterocycles. The summed E-state index contributed by atoms with van der Waals surface area (Å²) in [6.07, 6.45) is 0.541. The lowest BCUT2D eigenvalue weighted by Crippen LogP contribution is -2.17. The van der Waals surface area contributed by atoms with Crippen molar-refractivity contribution < 1.29 is 17.9 Å². The van der Waals surface area contributed by atoms with E-state index in [9.17, 15) is 13.2 Å². The molecule has 6 rings (SSSR count). The lowest BCUT2D eigenvalue weighted by Gasteiger charge is -2.22. The molecule has 4 aromatic rings. The minimum Gasteiger partial charge on any atom is -0.377 e. The molecule has 10 heteroatoms. The van der Waals surface area contributed by atoms with Gasteiger partial charge in [-0.25, -0.2) is 24.5 Å². The summed E-state index contributed by atoms with van der Waals surface area (Å²) in [5.41, 5.74) is 1.85. The third-order valence-electron chi connectivity index (χ3n) is 8.27. The van der Waals surface area contributed by atoms with Crippen LogP contribution in [-0.4, -0.2) is 42.8 Å². The molecule has 36 heavy (non-hydrogen) atoms. The highest BCUT2D eigenvalue weighted by Gasteiger charge is 2.94. The van der Waals surface area contributed by atoms with E-state index in [1.54, 1.807) is 17.8 Å². The molecular formula is C26H27F3N6O. The molecule has 0 aromatic carbocycles. The van der Waals surface area contributed by atoms with Gasteiger partial charge in [-0.1, -0.05) is 6.92 Å². The highest BCUT2D eigenvalue weighted by Crippen LogP contribution is 2.90. The summed E-state index contributed by atoms with van der Waals surface area (Å²) in [4.78, 5) is 18.8. The van der Waals surface area contributed by atoms with Crippen molar-refractivity contribution in [2.24, 2.45) is 5.41 Å². The van der Waals surface area contributed by atoms with Gasteiger partial charge in [0.15, 0.2) is 5.65 Å². The third-order valence-corrected chi connectivity index (χ3v) is 8.27. The van der Waals surface area contributed by atoms with Crippen LogP contribution in [0.4, 0.5) is 13.2 Å². The van der Waals surface area contributed by atoms with Gasteiger partial charge < -0.3 is 4.74 Å². The van der Waals surface area contributed by atoms with E-state index in [1.807, 2.05) is 45.2 Å². The Bertz CT molecular complexity index is 1490. The minimum absolute atomic E-state index is 0.0620. The Balaban J connectivity index is 1.41. The number of aromatic nitrogens is 6. The van der Waals surface area contributed by atoms with Crippen LogP contribution in [0.5, 0.6) is 0 Å². The highest BCUT2D eigenvalue weighted by atomic mass is 19.4. The van der Waals surface area contributed by atoms with Crippen LogP contribution in [0.15, 0.2) is 30.6 Å². The number of fused-ring (bicyclic) bond motifs is 3. The normalized spacial score (nSPS) is 24.6. The molecule has 0 radical (unpaired) electrons. The summed E-state index contributed by atoms with van der Waals surface area (Å²) in [5, 5.41) is 4.24. The fourth-order valence-electron chi connectivity index (χ4n) is 5.62. The average Bonchev–Trinajstić information content (AvgIpc) is 3.62. The zero-order chi connectivity index (χ0) is 25.5. The number of pyridine rings is 1. The molecule has 0 bridgehead atoms. The summed E-state index contributed by atoms with van der Waals surface area (Å²) in [7, 11) is 1.66. The van der Waals surface area contributed by atoms with Crippen molar-refractivity contribution in [2.45, 2.75) is 70.1 Å². The maximum atomic E-state index is 13.9. The number of nitrogens with zero attached hydrogens (tertiary/aromatic N) is 6. The lowest BCUT2D eigenvalue weighted by atomic mass is 9.93. The molecule has 2 aliphatic rings. The molecule has 0 spiro atoms. The molecule has 2 aliphatic carbocycles. The van der Waals surface area contributed by atoms with Crippen LogP contribution in [0, 0.1) is 19.3 Å². The van der Waals surface area contributed by atoms with Crippen molar-refractivity contribution in [2.75, 3.05) is 7.11 Å². The van der Waals surface area contributed by atoms with Gasteiger partial charge in [-0.15, -0.1) is 0 Å². The third kappa shape index (κ3) is 3.26. The fourth-order valence-corrected chi connectivity index (χ4v) is 5.62. The topological polar surface area (TPSA) is 78.1 Å². The summed E-state index contributed by atoms with van der Waals surface area (Å²) in [6.45, 7) is 5.67. The first kappa shape index (κ1) is 23.3. The van der Waals surface area contributed by atoms with Crippen LogP contribution in [0.3, 0.4) is 0 Å². The fraction of sp³-hybridized carbons (Fsp3) is 0.500. The van der Waals surface area contributed by atoms with Gasteiger partial charge in [0, 0.05) is 30.8 Å². The maximum absolute atomic E-state index is 13.9. The highest BCUT2D eigenvalue weighted by molar-refractivity contribution is 5.77. The van der Waals surface area contributed by atoms with Crippen molar-refractivity contribution in [1.82, 2.24) is 29.5 Å². The number of aryl methyl sites for hydroxylation is 2. The molecule has 0 aliphatic heterocycles. The van der Waals surface area contributed by atoms with Gasteiger partial charge in [0.1, 0.15) is 11.3 Å². The Labute approximate surface area is 206 Å². The minimum atomic E-state index is -4.25. The van der Waals surface area contributed by atoms with E-state index in [2.05, 4.69) is 15.1 Å². The molecule has 2 fully saturated rings. The molecular weight excluding hydrogens is 469 g/mol. The number of ether oxygens (including phenoxy) is 1. The van der Waals surface area contributed by atoms with Gasteiger partial charge in [0.25, 0.3) is 0 Å². The number of halogens is 3. The number of methoxy groups -OCH3 is 1. The number of hydrogen-bond donors (Lipinski definition) is 0. The summed E-state index contributed by atoms with van der Waals surface area (Å²) < 4.78 is 49.2. The van der Waals surface area contributed by atoms with E-state index in [-0.39, 0.29) is 24.9 Å². The maximum Gasteiger partial charge on any atom is 0.395 e. The Morgan fingerprint density at radius 2 is 1.83 bits per heavy atom. The standard InChI is InChI=1S/C26H27F3N6O/c1-5-16(11-19(36-4)17-7-9-35-18(10-17)6-8-30-35)22-33-21(24-12-25(24,13-24)26(27,28)29)20-23(34-22)32-15(3)14(2)31-20/h6-10,16,19H,5,11-13H2,1-4H3. The van der Waals surface area contributed by atoms with E-state index in [0.29, 0.717) is 46.9 Å². The van der Waals surface area contributed by atoms with Gasteiger partial charge in [-0.3, -0.25) is 0 Å². The van der Waals surface area contributed by atoms with Crippen molar-refractivity contribution >= 4 is 16.7 Å². The van der Waals surface area contributed by atoms with Gasteiger partial charge in [-0.05, 0) is 63.3 Å². The second kappa shape index (κ2) is 7.68. The number of alkyl halides is 3. The molecule has 2 atom stereocenters. The molecule has 2 saturated carbocycles. The van der Waals surface area contributed by atoms with Gasteiger partial charge in [-0.2, -0.15) is 18.3 Å². The summed E-state index contributed by atoms with van der Waals surface area (Å²) in [5.74, 6) is 0.381. The first-order valence-electron chi connectivity index (χ1n) is 12.2. The summed E-state index contributed by atoms with van der Waals surface area (Å²) >= 11 is 0. The van der Waals surface area contributed by atoms with E-state index in [1.165, 1.54) is 0 Å². The van der Waals surface area contributed by atoms with Crippen LogP contribution in [-0.2, 0) is 10.2 Å². The molecule has 0 amide bonds. The van der Waals surface area contributed by atoms with Crippen molar-refractivity contribution in [3.63, 3.8) is 0 Å². The SMILES string of the molecule is CCC(CC(OC)c1ccn2nccc2c1)c1nc(C23CC2(C(F)(F)F)C3)c2nc(C)c(C)nc2n1. The molecule has 2 unspecified atom stereocenters. The average molecular weight is 497 g/mol. The smallest absolute Gasteiger partial charge is 0.377 e. The molecule has 188 valence electrons. The van der Waals surface area contributed by atoms with Crippen molar-refractivity contribution in [3.05, 3.63) is 59.1 Å². The van der Waals surface area contributed by atoms with E-state index < -0.39 is 17.0 Å². The Morgan fingerprint density at radius 3 is 2.50 bits per heavy atom. The van der Waals surface area contributed by atoms with E-state index >= 15 is 0 Å². The van der Waals surface area contributed by atoms with E-state index in [4.69, 9.17) is 14.7 Å². The lowest BCUT2D eigenvalue weighted by molar-refractivity contribution is -0.167. The molecule has 7 nitrogen and oxygen atoms in total. The van der Waals surface area contributed by atoms with Crippen LogP contribution < -0.4 is 0 Å². The summed E-state index contributed by atoms with van der Waals surface area (Å²) in [6, 6.07) is 5.92. The Morgan fingerprint density at radius 1 is 1.08 bits per heavy atom. The molecule has 4 aromatic heterocycles. The first-order chi connectivity index (χ1) is 17.1. The second-order valence-corrected chi connectivity index (χ2v) is 10.2. The van der Waals surface area contributed by atoms with Crippen molar-refractivity contribution in [1.29, 1.82) is 0 Å². The largest absolute Gasteiger partial charge is 0.395 e. The van der Waals surface area contributed by atoms with Crippen molar-refractivity contribution in [3.8, 4) is 0 Å². The predicted octanol–water partition coefficient (Wildman–Crippen LogP) is 5.55. The molecule has 0 saturated heterocycles. The van der Waals surface area contributed by atoms with Crippen LogP contribution in [0.2, 0.25) is 0 Å². The van der Waals surface area contributed by atoms with E-state index in [0.717, 1.165) is 11.1 Å². The monoisotopic (exact) mass is 496 g/mol. The predicted molar refractivity (Wildman–Crippen MR) is 127 cm³/mol. The zero-order valence-electron chi connectivity index (χ0n) is 20.6. The van der Waals surface area contributed by atoms with Gasteiger partial charge in [0.05, 0.1) is 34.1 Å². The van der Waals surface area contributed by atoms with Gasteiger partial charge in [0.2, 0.25) is 0 Å². The Kier molecular flexibility index (Phi) is 4.96. The number of rotatable bonds is 7. The zero-order valence-corrected chi connectivity index (χ0v) is 20.6. The van der Waals surface area contributed by atoms with Crippen LogP contribution in [0.25, 0.3) is 16.7 Å². The number of hydrogen-bond acceptors (Lipinski definition) is 6. The quantitative estimate of drug-likeness (QED) is 0.334. The Hall–Kier alpha value is -3.14. The van der Waals surface area contributed by atoms with Crippen LogP contribution in [0.1, 0.15) is 73.1 Å². The van der Waals surface area contributed by atoms with Gasteiger partial charge >= 0.3 is 6.18 Å². The van der Waals surface area contributed by atoms with Crippen LogP contribution >= 0.6 is 0 Å².